The first-order valence-electron chi connectivity index (χ1n) is 12.8. The largest absolute Gasteiger partial charge is 0.478 e. The summed E-state index contributed by atoms with van der Waals surface area (Å²) in [6.45, 7) is 2.89. The molecule has 3 aromatic rings. The second kappa shape index (κ2) is 8.83. The Labute approximate surface area is 205 Å². The van der Waals surface area contributed by atoms with Crippen molar-refractivity contribution in [3.63, 3.8) is 0 Å². The van der Waals surface area contributed by atoms with Crippen LogP contribution in [0.3, 0.4) is 0 Å². The van der Waals surface area contributed by atoms with Gasteiger partial charge in [0.05, 0.1) is 17.0 Å². The van der Waals surface area contributed by atoms with Gasteiger partial charge in [0, 0.05) is 17.7 Å². The molecular weight excluding hydrogens is 440 g/mol. The number of carboxylic acids is 1. The van der Waals surface area contributed by atoms with Gasteiger partial charge in [0.2, 0.25) is 0 Å². The monoisotopic (exact) mass is 472 g/mol. The third kappa shape index (κ3) is 4.14. The van der Waals surface area contributed by atoms with Gasteiger partial charge in [-0.25, -0.2) is 4.79 Å². The first-order chi connectivity index (χ1) is 17.0. The van der Waals surface area contributed by atoms with E-state index in [2.05, 4.69) is 28.4 Å². The lowest BCUT2D eigenvalue weighted by molar-refractivity contribution is -0.0109. The van der Waals surface area contributed by atoms with Gasteiger partial charge in [-0.15, -0.1) is 0 Å². The van der Waals surface area contributed by atoms with Gasteiger partial charge in [0.1, 0.15) is 5.75 Å². The summed E-state index contributed by atoms with van der Waals surface area (Å²) in [4.78, 5) is 11.2. The molecule has 1 aromatic heterocycles. The number of rotatable bonds is 8. The number of aromatic carboxylic acids is 1. The summed E-state index contributed by atoms with van der Waals surface area (Å²) < 4.78 is 11.7. The molecule has 0 saturated heterocycles. The maximum absolute atomic E-state index is 11.2. The SMILES string of the molecule is CCOCOc1ccc(-c2cc(-c3ccc(C(=O)O)cc3)[nH]n2)cc1C12CC3CC(CC(C3)C1)C2. The van der Waals surface area contributed by atoms with Gasteiger partial charge >= 0.3 is 5.97 Å². The molecule has 4 fully saturated rings. The third-order valence-electron chi connectivity index (χ3n) is 8.41. The summed E-state index contributed by atoms with van der Waals surface area (Å²) in [6.07, 6.45) is 7.98. The van der Waals surface area contributed by atoms with Gasteiger partial charge in [-0.2, -0.15) is 5.10 Å². The van der Waals surface area contributed by atoms with E-state index in [9.17, 15) is 4.79 Å². The van der Waals surface area contributed by atoms with Crippen LogP contribution in [0.1, 0.15) is 61.4 Å². The lowest BCUT2D eigenvalue weighted by Crippen LogP contribution is -2.48. The average molecular weight is 473 g/mol. The van der Waals surface area contributed by atoms with Gasteiger partial charge in [0.25, 0.3) is 0 Å². The molecule has 7 rings (SSSR count). The molecule has 2 aromatic carbocycles. The zero-order chi connectivity index (χ0) is 24.0. The minimum atomic E-state index is -0.925. The minimum absolute atomic E-state index is 0.193. The average Bonchev–Trinajstić information content (AvgIpc) is 3.34. The van der Waals surface area contributed by atoms with Crippen molar-refractivity contribution in [2.75, 3.05) is 13.4 Å². The molecule has 4 aliphatic rings. The van der Waals surface area contributed by atoms with E-state index >= 15 is 0 Å². The number of nitrogens with zero attached hydrogens (tertiary/aromatic N) is 1. The zero-order valence-electron chi connectivity index (χ0n) is 20.1. The molecule has 0 spiro atoms. The molecule has 1 heterocycles. The van der Waals surface area contributed by atoms with Crippen LogP contribution < -0.4 is 4.74 Å². The molecule has 6 heteroatoms. The second-order valence-electron chi connectivity index (χ2n) is 10.7. The highest BCUT2D eigenvalue weighted by molar-refractivity contribution is 5.88. The molecule has 6 nitrogen and oxygen atoms in total. The molecule has 0 atom stereocenters. The molecule has 4 bridgehead atoms. The molecule has 4 aliphatic carbocycles. The van der Waals surface area contributed by atoms with Crippen molar-refractivity contribution in [2.45, 2.75) is 50.9 Å². The second-order valence-corrected chi connectivity index (χ2v) is 10.7. The molecule has 182 valence electrons. The predicted molar refractivity (Wildman–Crippen MR) is 133 cm³/mol. The molecule has 4 saturated carbocycles. The molecule has 0 radical (unpaired) electrons. The predicted octanol–water partition coefficient (Wildman–Crippen LogP) is 6.28. The van der Waals surface area contributed by atoms with Crippen LogP contribution in [0.25, 0.3) is 22.5 Å². The molecule has 2 N–H and O–H groups in total. The van der Waals surface area contributed by atoms with Crippen molar-refractivity contribution in [3.05, 3.63) is 59.7 Å². The lowest BCUT2D eigenvalue weighted by atomic mass is 9.48. The molecule has 35 heavy (non-hydrogen) atoms. The van der Waals surface area contributed by atoms with Crippen LogP contribution in [0.15, 0.2) is 48.5 Å². The van der Waals surface area contributed by atoms with Crippen molar-refractivity contribution in [3.8, 4) is 28.3 Å². The van der Waals surface area contributed by atoms with Crippen molar-refractivity contribution < 1.29 is 19.4 Å². The standard InChI is InChI=1S/C29H32N2O4/c1-2-34-17-35-27-8-7-23(12-24(27)29-14-18-9-19(15-29)11-20(10-18)16-29)26-13-25(30-31-26)21-3-5-22(6-4-21)28(32)33/h3-8,12-13,18-20H,2,9-11,14-17H2,1H3,(H,30,31)(H,32,33). The fraction of sp³-hybridized carbons (Fsp3) is 0.448. The normalized spacial score (nSPS) is 26.7. The summed E-state index contributed by atoms with van der Waals surface area (Å²) in [5, 5.41) is 16.9. The minimum Gasteiger partial charge on any atom is -0.478 e. The maximum atomic E-state index is 11.2. The summed E-state index contributed by atoms with van der Waals surface area (Å²) in [6, 6.07) is 15.4. The highest BCUT2D eigenvalue weighted by Gasteiger charge is 2.52. The lowest BCUT2D eigenvalue weighted by Gasteiger charge is -2.57. The smallest absolute Gasteiger partial charge is 0.335 e. The van der Waals surface area contributed by atoms with Gasteiger partial charge in [-0.05, 0) is 111 Å². The van der Waals surface area contributed by atoms with Crippen molar-refractivity contribution in [1.82, 2.24) is 10.2 Å². The van der Waals surface area contributed by atoms with Crippen LogP contribution in [-0.2, 0) is 10.2 Å². The number of benzene rings is 2. The number of hydrogen-bond acceptors (Lipinski definition) is 4. The summed E-state index contributed by atoms with van der Waals surface area (Å²) in [5.74, 6) is 2.55. The summed E-state index contributed by atoms with van der Waals surface area (Å²) >= 11 is 0. The van der Waals surface area contributed by atoms with E-state index in [1.54, 1.807) is 12.1 Å². The topological polar surface area (TPSA) is 84.4 Å². The van der Waals surface area contributed by atoms with E-state index in [4.69, 9.17) is 14.6 Å². The first kappa shape index (κ1) is 22.4. The number of hydrogen-bond donors (Lipinski definition) is 2. The van der Waals surface area contributed by atoms with E-state index in [0.717, 1.165) is 46.0 Å². The highest BCUT2D eigenvalue weighted by atomic mass is 16.7. The molecular formula is C29H32N2O4. The Hall–Kier alpha value is -3.12. The van der Waals surface area contributed by atoms with Gasteiger partial charge in [-0.1, -0.05) is 12.1 Å². The van der Waals surface area contributed by atoms with Crippen LogP contribution in [0.4, 0.5) is 0 Å². The van der Waals surface area contributed by atoms with Gasteiger partial charge in [0.15, 0.2) is 6.79 Å². The Morgan fingerprint density at radius 3 is 2.29 bits per heavy atom. The Bertz CT molecular complexity index is 1190. The van der Waals surface area contributed by atoms with Crippen molar-refractivity contribution in [2.24, 2.45) is 17.8 Å². The summed E-state index contributed by atoms with van der Waals surface area (Å²) in [7, 11) is 0. The summed E-state index contributed by atoms with van der Waals surface area (Å²) in [5.41, 5.74) is 5.52. The van der Waals surface area contributed by atoms with Crippen LogP contribution in [0.2, 0.25) is 0 Å². The number of nitrogens with one attached hydrogen (secondary N) is 1. The van der Waals surface area contributed by atoms with Crippen molar-refractivity contribution >= 4 is 5.97 Å². The Balaban J connectivity index is 1.34. The third-order valence-corrected chi connectivity index (χ3v) is 8.41. The van der Waals surface area contributed by atoms with Crippen molar-refractivity contribution in [1.29, 1.82) is 0 Å². The highest BCUT2D eigenvalue weighted by Crippen LogP contribution is 2.62. The van der Waals surface area contributed by atoms with Gasteiger partial charge < -0.3 is 14.6 Å². The Kier molecular flexibility index (Phi) is 5.64. The van der Waals surface area contributed by atoms with Crippen LogP contribution in [0, 0.1) is 17.8 Å². The van der Waals surface area contributed by atoms with Crippen LogP contribution >= 0.6 is 0 Å². The Morgan fingerprint density at radius 1 is 1.00 bits per heavy atom. The van der Waals surface area contributed by atoms with E-state index < -0.39 is 5.97 Å². The zero-order valence-corrected chi connectivity index (χ0v) is 20.1. The van der Waals surface area contributed by atoms with Gasteiger partial charge in [-0.3, -0.25) is 5.10 Å². The number of carbonyl (C=O) groups is 1. The molecule has 0 unspecified atom stereocenters. The molecule has 0 amide bonds. The first-order valence-corrected chi connectivity index (χ1v) is 12.8. The quantitative estimate of drug-likeness (QED) is 0.298. The number of H-pyrrole nitrogens is 1. The number of carboxylic acid groups (broad SMARTS) is 1. The Morgan fingerprint density at radius 2 is 1.66 bits per heavy atom. The number of aromatic amines is 1. The van der Waals surface area contributed by atoms with E-state index in [0.29, 0.717) is 6.61 Å². The van der Waals surface area contributed by atoms with Crippen LogP contribution in [0.5, 0.6) is 5.75 Å². The fourth-order valence-corrected chi connectivity index (χ4v) is 7.27. The number of ether oxygens (including phenoxy) is 2. The number of aromatic nitrogens is 2. The van der Waals surface area contributed by atoms with Crippen LogP contribution in [-0.4, -0.2) is 34.7 Å². The maximum Gasteiger partial charge on any atom is 0.335 e. The van der Waals surface area contributed by atoms with E-state index in [1.165, 1.54) is 44.1 Å². The fourth-order valence-electron chi connectivity index (χ4n) is 7.27. The molecule has 0 aliphatic heterocycles. The van der Waals surface area contributed by atoms with E-state index in [1.807, 2.05) is 25.1 Å². The van der Waals surface area contributed by atoms with E-state index in [-0.39, 0.29) is 17.8 Å².